The summed E-state index contributed by atoms with van der Waals surface area (Å²) in [5, 5.41) is 33.0. The Hall–Kier alpha value is -4.78. The second kappa shape index (κ2) is 20.3. The van der Waals surface area contributed by atoms with Gasteiger partial charge in [-0.15, -0.1) is 22.7 Å². The molecule has 3 aromatic heterocycles. The molecule has 2 aliphatic rings. The Labute approximate surface area is 342 Å². The van der Waals surface area contributed by atoms with E-state index >= 15 is 0 Å². The number of aromatic nitrogens is 3. The number of pyridine rings is 1. The molecule has 0 bridgehead atoms. The number of carbonyl (C=O) groups is 2. The molecular weight excluding hydrogens is 792 g/mol. The van der Waals surface area contributed by atoms with E-state index in [4.69, 9.17) is 4.74 Å². The molecule has 0 radical (unpaired) electrons. The molecule has 0 saturated carbocycles. The number of aliphatic hydroxyl groups excluding tert-OH is 2. The van der Waals surface area contributed by atoms with Crippen molar-refractivity contribution in [3.63, 3.8) is 0 Å². The van der Waals surface area contributed by atoms with Crippen LogP contribution in [0.3, 0.4) is 0 Å². The average Bonchev–Trinajstić information content (AvgIpc) is 3.94. The van der Waals surface area contributed by atoms with E-state index in [1.54, 1.807) is 65.3 Å². The van der Waals surface area contributed by atoms with Gasteiger partial charge >= 0.3 is 6.18 Å². The predicted octanol–water partition coefficient (Wildman–Crippen LogP) is 5.04. The second-order valence-electron chi connectivity index (χ2n) is 14.2. The quantitative estimate of drug-likeness (QED) is 0.127. The summed E-state index contributed by atoms with van der Waals surface area (Å²) < 4.78 is 45.0. The molecule has 0 unspecified atom stereocenters. The minimum absolute atomic E-state index is 0.00545. The molecule has 7 rings (SSSR count). The molecule has 2 aromatic carbocycles. The molecule has 1 saturated heterocycles. The Morgan fingerprint density at radius 1 is 1.00 bits per heavy atom. The Bertz CT molecular complexity index is 2040. The average molecular weight is 838 g/mol. The first-order valence-corrected chi connectivity index (χ1v) is 20.6. The van der Waals surface area contributed by atoms with Gasteiger partial charge in [-0.25, -0.2) is 4.98 Å². The van der Waals surface area contributed by atoms with Gasteiger partial charge in [0, 0.05) is 85.3 Å². The molecule has 2 aliphatic heterocycles. The number of aliphatic hydroxyl groups is 2. The van der Waals surface area contributed by atoms with Crippen LogP contribution in [0, 0.1) is 12.8 Å². The number of rotatable bonds is 13. The van der Waals surface area contributed by atoms with E-state index in [1.165, 1.54) is 11.3 Å². The van der Waals surface area contributed by atoms with Crippen molar-refractivity contribution in [2.45, 2.75) is 56.8 Å². The minimum Gasteiger partial charge on any atom is -0.490 e. The number of fused-ring (bicyclic) bond motifs is 1. The van der Waals surface area contributed by atoms with Crippen molar-refractivity contribution in [2.75, 3.05) is 39.3 Å². The van der Waals surface area contributed by atoms with E-state index < -0.39 is 48.8 Å². The number of carbonyl (C=O) groups excluding carboxylic acids is 2. The smallest absolute Gasteiger partial charge is 0.405 e. The molecule has 0 aliphatic carbocycles. The third-order valence-corrected chi connectivity index (χ3v) is 11.3. The van der Waals surface area contributed by atoms with Crippen molar-refractivity contribution in [2.24, 2.45) is 5.92 Å². The highest BCUT2D eigenvalue weighted by Gasteiger charge is 2.37. The maximum Gasteiger partial charge on any atom is 0.405 e. The van der Waals surface area contributed by atoms with Gasteiger partial charge in [0.1, 0.15) is 36.1 Å². The molecule has 5 aromatic rings. The highest BCUT2D eigenvalue weighted by Crippen LogP contribution is 2.33. The van der Waals surface area contributed by atoms with E-state index in [0.717, 1.165) is 26.7 Å². The summed E-state index contributed by atoms with van der Waals surface area (Å²) in [7, 11) is 0. The van der Waals surface area contributed by atoms with Gasteiger partial charge in [-0.1, -0.05) is 48.5 Å². The Kier molecular flexibility index (Phi) is 15.0. The lowest BCUT2D eigenvalue weighted by Gasteiger charge is -2.41. The van der Waals surface area contributed by atoms with Crippen LogP contribution >= 0.6 is 22.7 Å². The van der Waals surface area contributed by atoms with E-state index in [2.05, 4.69) is 20.3 Å². The van der Waals surface area contributed by atoms with Crippen LogP contribution in [-0.2, 0) is 22.6 Å². The fraction of sp³-hybridized carbons (Fsp3) is 0.390. The lowest BCUT2D eigenvalue weighted by molar-refractivity contribution is -0.143. The number of thiazole rings is 2. The first kappa shape index (κ1) is 42.8. The first-order valence-electron chi connectivity index (χ1n) is 18.8. The summed E-state index contributed by atoms with van der Waals surface area (Å²) in [5.74, 6) is -1.33. The number of hydrogen-bond acceptors (Lipinski definition) is 12. The standard InChI is InChI=1S/C37H41F3N6O5S.C4H5NS/c38-37(39,40)23-43-35(50)30-21-45(19-25-15-27(18-41-17-25)36-42-10-13-52-36)11-12-46(30)20-28(47)16-26(14-24-6-2-1-3-7-24)34(49)44-33-29-8-4-5-9-32(29)51-22-31(33)48;1-4-5-2-3-6-4/h1-10,13,15,17-18,26,28,30-31,33,47-48H,11-12,14,16,19-23H2,(H,43,50)(H,44,49);2-3H,1H3/t26-,28+,30+,31-,33+;/m1./s1. The Balaban J connectivity index is 0.000000865. The van der Waals surface area contributed by atoms with Crippen LogP contribution in [0.25, 0.3) is 10.6 Å². The molecule has 308 valence electrons. The largest absolute Gasteiger partial charge is 0.490 e. The number of aryl methyl sites for hydroxylation is 1. The summed E-state index contributed by atoms with van der Waals surface area (Å²) in [4.78, 5) is 43.5. The zero-order chi connectivity index (χ0) is 41.1. The molecule has 5 atom stereocenters. The lowest BCUT2D eigenvalue weighted by Crippen LogP contribution is -2.60. The van der Waals surface area contributed by atoms with Crippen LogP contribution in [0.2, 0.25) is 0 Å². The highest BCUT2D eigenvalue weighted by molar-refractivity contribution is 7.13. The monoisotopic (exact) mass is 837 g/mol. The van der Waals surface area contributed by atoms with E-state index in [9.17, 15) is 33.0 Å². The molecule has 12 nitrogen and oxygen atoms in total. The van der Waals surface area contributed by atoms with Crippen LogP contribution in [0.5, 0.6) is 5.75 Å². The van der Waals surface area contributed by atoms with Gasteiger partial charge in [-0.2, -0.15) is 13.2 Å². The normalized spacial score (nSPS) is 19.4. The van der Waals surface area contributed by atoms with Crippen molar-refractivity contribution in [3.8, 4) is 16.3 Å². The summed E-state index contributed by atoms with van der Waals surface area (Å²) in [6, 6.07) is 16.7. The number of amides is 2. The predicted molar refractivity (Wildman–Crippen MR) is 215 cm³/mol. The van der Waals surface area contributed by atoms with Crippen LogP contribution in [0.15, 0.2) is 96.2 Å². The third kappa shape index (κ3) is 12.4. The Morgan fingerprint density at radius 2 is 1.76 bits per heavy atom. The van der Waals surface area contributed by atoms with Gasteiger partial charge in [-0.05, 0) is 43.0 Å². The summed E-state index contributed by atoms with van der Waals surface area (Å²) in [6.07, 6.45) is 0.556. The number of para-hydroxylation sites is 1. The van der Waals surface area contributed by atoms with Crippen molar-refractivity contribution in [1.29, 1.82) is 0 Å². The van der Waals surface area contributed by atoms with E-state index in [-0.39, 0.29) is 32.0 Å². The maximum atomic E-state index is 13.9. The topological polar surface area (TPSA) is 153 Å². The van der Waals surface area contributed by atoms with E-state index in [1.807, 2.05) is 64.3 Å². The van der Waals surface area contributed by atoms with Crippen LogP contribution in [-0.4, -0.2) is 111 Å². The lowest BCUT2D eigenvalue weighted by atomic mass is 9.90. The van der Waals surface area contributed by atoms with Crippen LogP contribution < -0.4 is 15.4 Å². The summed E-state index contributed by atoms with van der Waals surface area (Å²) in [5.41, 5.74) is 3.22. The molecule has 2 amide bonds. The maximum absolute atomic E-state index is 13.9. The molecule has 58 heavy (non-hydrogen) atoms. The molecule has 4 N–H and O–H groups in total. The number of halogens is 3. The van der Waals surface area contributed by atoms with Gasteiger partial charge in [0.15, 0.2) is 0 Å². The third-order valence-electron chi connectivity index (χ3n) is 9.82. The number of ether oxygens (including phenoxy) is 1. The zero-order valence-electron chi connectivity index (χ0n) is 31.8. The van der Waals surface area contributed by atoms with Gasteiger partial charge in [0.25, 0.3) is 0 Å². The molecule has 0 spiro atoms. The zero-order valence-corrected chi connectivity index (χ0v) is 33.4. The fourth-order valence-electron chi connectivity index (χ4n) is 7.05. The molecule has 1 fully saturated rings. The van der Waals surface area contributed by atoms with Crippen LogP contribution in [0.1, 0.15) is 34.2 Å². The van der Waals surface area contributed by atoms with Gasteiger partial charge in [0.05, 0.1) is 17.2 Å². The fourth-order valence-corrected chi connectivity index (χ4v) is 8.11. The number of nitrogens with zero attached hydrogens (tertiary/aromatic N) is 5. The number of alkyl halides is 3. The number of nitrogens with one attached hydrogen (secondary N) is 2. The SMILES string of the molecule is Cc1nccs1.O=C(N[C@H]1c2ccccc2OC[C@H]1O)[C@H](Cc1ccccc1)C[C@H](O)CN1CCN(Cc2cncc(-c3nccs3)c2)C[C@H]1C(=O)NCC(F)(F)F. The summed E-state index contributed by atoms with van der Waals surface area (Å²) >= 11 is 3.15. The van der Waals surface area contributed by atoms with Gasteiger partial charge in [-0.3, -0.25) is 29.4 Å². The number of hydrogen-bond donors (Lipinski definition) is 4. The van der Waals surface area contributed by atoms with Crippen molar-refractivity contribution < 1.29 is 37.7 Å². The van der Waals surface area contributed by atoms with Crippen molar-refractivity contribution >= 4 is 34.5 Å². The highest BCUT2D eigenvalue weighted by atomic mass is 32.1. The minimum atomic E-state index is -4.59. The molecule has 5 heterocycles. The van der Waals surface area contributed by atoms with Crippen molar-refractivity contribution in [3.05, 3.63) is 118 Å². The molecule has 17 heteroatoms. The van der Waals surface area contributed by atoms with E-state index in [0.29, 0.717) is 37.4 Å². The van der Waals surface area contributed by atoms with Crippen LogP contribution in [0.4, 0.5) is 13.2 Å². The summed E-state index contributed by atoms with van der Waals surface area (Å²) in [6.45, 7) is 1.78. The number of β-amino-alcohol motifs (C(OH)–C–C–N with tert-alkyl or cyclic N) is 1. The van der Waals surface area contributed by atoms with Gasteiger partial charge in [0.2, 0.25) is 11.8 Å². The van der Waals surface area contributed by atoms with Gasteiger partial charge < -0.3 is 25.6 Å². The first-order chi connectivity index (χ1) is 27.9. The van der Waals surface area contributed by atoms with Crippen molar-refractivity contribution in [1.82, 2.24) is 35.4 Å². The molecular formula is C41H46F3N7O5S2. The number of benzene rings is 2. The number of piperazine rings is 1. The second-order valence-corrected chi connectivity index (χ2v) is 16.2. The Morgan fingerprint density at radius 3 is 2.47 bits per heavy atom.